The lowest BCUT2D eigenvalue weighted by Crippen LogP contribution is -2.19. The van der Waals surface area contributed by atoms with Gasteiger partial charge in [-0.3, -0.25) is 4.68 Å². The molecule has 0 aliphatic heterocycles. The summed E-state index contributed by atoms with van der Waals surface area (Å²) in [5.41, 5.74) is 9.55. The van der Waals surface area contributed by atoms with E-state index in [9.17, 15) is 0 Å². The number of nitrogens with two attached hydrogens (primary N) is 1. The molecule has 0 saturated heterocycles. The van der Waals surface area contributed by atoms with Crippen molar-refractivity contribution in [1.82, 2.24) is 9.78 Å². The van der Waals surface area contributed by atoms with Gasteiger partial charge in [0.2, 0.25) is 0 Å². The second kappa shape index (κ2) is 5.97. The molecule has 0 aliphatic carbocycles. The molecule has 0 aliphatic rings. The number of nitrogens with zero attached hydrogens (tertiary/aromatic N) is 2. The zero-order chi connectivity index (χ0) is 14.9. The molecule has 2 rings (SSSR count). The summed E-state index contributed by atoms with van der Waals surface area (Å²) < 4.78 is 8.37. The lowest BCUT2D eigenvalue weighted by molar-refractivity contribution is 0.401. The van der Waals surface area contributed by atoms with E-state index in [2.05, 4.69) is 53.9 Å². The summed E-state index contributed by atoms with van der Waals surface area (Å²) in [6.45, 7) is 6.21. The van der Waals surface area contributed by atoms with Crippen LogP contribution in [0.25, 0.3) is 0 Å². The lowest BCUT2D eigenvalue weighted by atomic mass is 10.0. The number of hydrogen-bond donors (Lipinski definition) is 1. The summed E-state index contributed by atoms with van der Waals surface area (Å²) in [7, 11) is 1.64. The number of methoxy groups -OCH3 is 1. The molecular weight excluding hydrogens is 318 g/mol. The number of hydrogen-bond acceptors (Lipinski definition) is 3. The summed E-state index contributed by atoms with van der Waals surface area (Å²) in [6, 6.07) is 6.11. The maximum absolute atomic E-state index is 6.43. The molecule has 0 bridgehead atoms. The van der Waals surface area contributed by atoms with E-state index in [0.29, 0.717) is 0 Å². The number of rotatable bonds is 4. The largest absolute Gasteiger partial charge is 0.493 e. The lowest BCUT2D eigenvalue weighted by Gasteiger charge is -2.19. The van der Waals surface area contributed by atoms with Gasteiger partial charge in [0.25, 0.3) is 0 Å². The standard InChI is InChI=1S/C15H20BrN3O/c1-9(2)19-15(13(20-4)8-18-19)14(17)11-6-5-10(3)12(16)7-11/h5-9,14H,17H2,1-4H3. The van der Waals surface area contributed by atoms with Crippen LogP contribution in [0.5, 0.6) is 5.75 Å². The van der Waals surface area contributed by atoms with Gasteiger partial charge in [0.15, 0.2) is 5.75 Å². The molecule has 4 nitrogen and oxygen atoms in total. The number of aromatic nitrogens is 2. The Kier molecular flexibility index (Phi) is 4.50. The normalized spacial score (nSPS) is 12.8. The highest BCUT2D eigenvalue weighted by atomic mass is 79.9. The Hall–Kier alpha value is -1.33. The van der Waals surface area contributed by atoms with Crippen LogP contribution in [0.15, 0.2) is 28.9 Å². The molecule has 5 heteroatoms. The van der Waals surface area contributed by atoms with Crippen LogP contribution < -0.4 is 10.5 Å². The molecule has 1 unspecified atom stereocenters. The Morgan fingerprint density at radius 1 is 1.35 bits per heavy atom. The molecule has 0 saturated carbocycles. The van der Waals surface area contributed by atoms with Gasteiger partial charge in [-0.15, -0.1) is 0 Å². The monoisotopic (exact) mass is 337 g/mol. The van der Waals surface area contributed by atoms with Gasteiger partial charge < -0.3 is 10.5 Å². The Balaban J connectivity index is 2.49. The van der Waals surface area contributed by atoms with Crippen molar-refractivity contribution in [3.63, 3.8) is 0 Å². The Labute approximate surface area is 128 Å². The van der Waals surface area contributed by atoms with E-state index in [4.69, 9.17) is 10.5 Å². The average molecular weight is 338 g/mol. The molecule has 0 radical (unpaired) electrons. The summed E-state index contributed by atoms with van der Waals surface area (Å²) in [6.07, 6.45) is 1.72. The third-order valence-corrected chi connectivity index (χ3v) is 4.21. The number of ether oxygens (including phenoxy) is 1. The molecule has 108 valence electrons. The van der Waals surface area contributed by atoms with Crippen molar-refractivity contribution >= 4 is 15.9 Å². The van der Waals surface area contributed by atoms with Crippen molar-refractivity contribution in [2.45, 2.75) is 32.9 Å². The summed E-state index contributed by atoms with van der Waals surface area (Å²) in [5, 5.41) is 4.37. The van der Waals surface area contributed by atoms with E-state index in [1.807, 2.05) is 10.7 Å². The molecule has 0 amide bonds. The first kappa shape index (κ1) is 15.1. The van der Waals surface area contributed by atoms with Gasteiger partial charge in [-0.05, 0) is 38.0 Å². The molecule has 20 heavy (non-hydrogen) atoms. The third kappa shape index (κ3) is 2.74. The van der Waals surface area contributed by atoms with Crippen molar-refractivity contribution in [3.8, 4) is 5.75 Å². The van der Waals surface area contributed by atoms with Crippen LogP contribution in [0.2, 0.25) is 0 Å². The van der Waals surface area contributed by atoms with E-state index in [0.717, 1.165) is 21.5 Å². The third-order valence-electron chi connectivity index (χ3n) is 3.36. The Morgan fingerprint density at radius 2 is 2.05 bits per heavy atom. The van der Waals surface area contributed by atoms with Gasteiger partial charge in [0.1, 0.15) is 5.69 Å². The summed E-state index contributed by atoms with van der Waals surface area (Å²) >= 11 is 3.55. The molecule has 0 spiro atoms. The quantitative estimate of drug-likeness (QED) is 0.927. The minimum absolute atomic E-state index is 0.230. The zero-order valence-electron chi connectivity index (χ0n) is 12.2. The number of halogens is 1. The highest BCUT2D eigenvalue weighted by Gasteiger charge is 2.22. The topological polar surface area (TPSA) is 53.1 Å². The maximum Gasteiger partial charge on any atom is 0.161 e. The second-order valence-electron chi connectivity index (χ2n) is 5.12. The minimum Gasteiger partial charge on any atom is -0.493 e. The number of aryl methyl sites for hydroxylation is 1. The predicted octanol–water partition coefficient (Wildman–Crippen LogP) is 3.59. The van der Waals surface area contributed by atoms with Crippen LogP contribution in [0.1, 0.15) is 42.8 Å². The second-order valence-corrected chi connectivity index (χ2v) is 5.98. The fourth-order valence-electron chi connectivity index (χ4n) is 2.18. The van der Waals surface area contributed by atoms with Gasteiger partial charge in [-0.25, -0.2) is 0 Å². The zero-order valence-corrected chi connectivity index (χ0v) is 13.8. The first-order valence-corrected chi connectivity index (χ1v) is 7.38. The summed E-state index contributed by atoms with van der Waals surface area (Å²) in [5.74, 6) is 0.725. The smallest absolute Gasteiger partial charge is 0.161 e. The first-order valence-electron chi connectivity index (χ1n) is 6.58. The highest BCUT2D eigenvalue weighted by Crippen LogP contribution is 2.31. The van der Waals surface area contributed by atoms with Crippen LogP contribution in [-0.4, -0.2) is 16.9 Å². The van der Waals surface area contributed by atoms with Crippen molar-refractivity contribution < 1.29 is 4.74 Å². The van der Waals surface area contributed by atoms with Gasteiger partial charge in [-0.2, -0.15) is 5.10 Å². The molecule has 1 aromatic heterocycles. The fraction of sp³-hybridized carbons (Fsp3) is 0.400. The average Bonchev–Trinajstić information content (AvgIpc) is 2.85. The molecule has 0 fully saturated rings. The van der Waals surface area contributed by atoms with Crippen molar-refractivity contribution in [1.29, 1.82) is 0 Å². The van der Waals surface area contributed by atoms with Crippen LogP contribution in [0.3, 0.4) is 0 Å². The summed E-state index contributed by atoms with van der Waals surface area (Å²) in [4.78, 5) is 0. The Morgan fingerprint density at radius 3 is 2.60 bits per heavy atom. The molecule has 1 aromatic carbocycles. The molecule has 1 heterocycles. The van der Waals surface area contributed by atoms with Crippen molar-refractivity contribution in [2.75, 3.05) is 7.11 Å². The minimum atomic E-state index is -0.272. The van der Waals surface area contributed by atoms with Gasteiger partial charge in [0, 0.05) is 10.5 Å². The van der Waals surface area contributed by atoms with Crippen LogP contribution in [-0.2, 0) is 0 Å². The van der Waals surface area contributed by atoms with Crippen molar-refractivity contribution in [3.05, 3.63) is 45.7 Å². The molecular formula is C15H20BrN3O. The van der Waals surface area contributed by atoms with Gasteiger partial charge >= 0.3 is 0 Å². The van der Waals surface area contributed by atoms with E-state index < -0.39 is 0 Å². The Bertz CT molecular complexity index is 607. The number of benzene rings is 1. The van der Waals surface area contributed by atoms with Crippen LogP contribution in [0.4, 0.5) is 0 Å². The van der Waals surface area contributed by atoms with Crippen LogP contribution >= 0.6 is 15.9 Å². The molecule has 1 atom stereocenters. The predicted molar refractivity (Wildman–Crippen MR) is 84.1 cm³/mol. The fourth-order valence-corrected chi connectivity index (χ4v) is 2.58. The SMILES string of the molecule is COc1cnn(C(C)C)c1C(N)c1ccc(C)c(Br)c1. The van der Waals surface area contributed by atoms with Gasteiger partial charge in [-0.1, -0.05) is 28.1 Å². The first-order chi connectivity index (χ1) is 9.45. The van der Waals surface area contributed by atoms with E-state index >= 15 is 0 Å². The highest BCUT2D eigenvalue weighted by molar-refractivity contribution is 9.10. The van der Waals surface area contributed by atoms with E-state index in [1.165, 1.54) is 5.56 Å². The maximum atomic E-state index is 6.43. The van der Waals surface area contributed by atoms with Crippen molar-refractivity contribution in [2.24, 2.45) is 5.73 Å². The van der Waals surface area contributed by atoms with Gasteiger partial charge in [0.05, 0.1) is 19.3 Å². The van der Waals surface area contributed by atoms with E-state index in [-0.39, 0.29) is 12.1 Å². The van der Waals surface area contributed by atoms with E-state index in [1.54, 1.807) is 13.3 Å². The molecule has 2 N–H and O–H groups in total. The van der Waals surface area contributed by atoms with Crippen LogP contribution in [0, 0.1) is 6.92 Å². The molecule has 2 aromatic rings.